The largest absolute Gasteiger partial charge is 0.480 e. The van der Waals surface area contributed by atoms with Crippen molar-refractivity contribution in [1.29, 1.82) is 0 Å². The fourth-order valence-electron chi connectivity index (χ4n) is 1.50. The van der Waals surface area contributed by atoms with E-state index in [9.17, 15) is 14.7 Å². The molecule has 1 amide bonds. The van der Waals surface area contributed by atoms with Gasteiger partial charge in [-0.1, -0.05) is 0 Å². The lowest BCUT2D eigenvalue weighted by Gasteiger charge is -2.25. The smallest absolute Gasteiger partial charge is 0.408 e. The van der Waals surface area contributed by atoms with E-state index in [4.69, 9.17) is 4.74 Å². The molecule has 7 nitrogen and oxygen atoms in total. The first-order valence-electron chi connectivity index (χ1n) is 5.92. The van der Waals surface area contributed by atoms with Crippen molar-refractivity contribution in [2.75, 3.05) is 0 Å². The van der Waals surface area contributed by atoms with Crippen molar-refractivity contribution < 1.29 is 19.4 Å². The molecule has 1 aromatic heterocycles. The summed E-state index contributed by atoms with van der Waals surface area (Å²) in [5.74, 6) is -1.14. The molecule has 1 rings (SSSR count). The minimum absolute atomic E-state index is 0.528. The van der Waals surface area contributed by atoms with Gasteiger partial charge in [0.15, 0.2) is 6.04 Å². The van der Waals surface area contributed by atoms with Crippen LogP contribution in [0.25, 0.3) is 0 Å². The summed E-state index contributed by atoms with van der Waals surface area (Å²) in [5.41, 5.74) is -0.678. The van der Waals surface area contributed by atoms with Crippen molar-refractivity contribution in [3.63, 3.8) is 0 Å². The van der Waals surface area contributed by atoms with Gasteiger partial charge in [-0.25, -0.2) is 9.59 Å². The second-order valence-corrected chi connectivity index (χ2v) is 5.19. The van der Waals surface area contributed by atoms with Gasteiger partial charge in [-0.05, 0) is 33.8 Å². The molecule has 0 saturated heterocycles. The third-order valence-electron chi connectivity index (χ3n) is 2.36. The molecule has 0 aromatic carbocycles. The predicted octanol–water partition coefficient (Wildman–Crippen LogP) is 1.42. The molecule has 2 atom stereocenters. The van der Waals surface area contributed by atoms with Gasteiger partial charge in [0, 0.05) is 12.4 Å². The number of alkyl carbamates (subject to hydrolysis) is 1. The molecule has 0 fully saturated rings. The number of amides is 1. The number of ether oxygens (including phenoxy) is 1. The Labute approximate surface area is 111 Å². The topological polar surface area (TPSA) is 93.5 Å². The number of rotatable bonds is 4. The van der Waals surface area contributed by atoms with Gasteiger partial charge >= 0.3 is 12.1 Å². The Kier molecular flexibility index (Phi) is 4.52. The van der Waals surface area contributed by atoms with Crippen molar-refractivity contribution in [2.45, 2.75) is 45.4 Å². The van der Waals surface area contributed by atoms with E-state index >= 15 is 0 Å². The van der Waals surface area contributed by atoms with Crippen LogP contribution in [0, 0.1) is 0 Å². The number of aliphatic carboxylic acids is 1. The summed E-state index contributed by atoms with van der Waals surface area (Å²) in [6.45, 7) is 6.78. The fourth-order valence-corrected chi connectivity index (χ4v) is 1.50. The van der Waals surface area contributed by atoms with Gasteiger partial charge in [0.25, 0.3) is 0 Å². The van der Waals surface area contributed by atoms with Crippen LogP contribution in [0.3, 0.4) is 0 Å². The maximum atomic E-state index is 11.6. The lowest BCUT2D eigenvalue weighted by molar-refractivity contribution is -0.140. The number of hydrogen-bond donors (Lipinski definition) is 2. The van der Waals surface area contributed by atoms with Crippen LogP contribution in [0.15, 0.2) is 18.5 Å². The summed E-state index contributed by atoms with van der Waals surface area (Å²) < 4.78 is 6.51. The molecule has 0 spiro atoms. The number of carboxylic acid groups (broad SMARTS) is 1. The van der Waals surface area contributed by atoms with Crippen LogP contribution in [-0.4, -0.2) is 38.6 Å². The van der Waals surface area contributed by atoms with Gasteiger partial charge < -0.3 is 15.2 Å². The van der Waals surface area contributed by atoms with Crippen LogP contribution in [0.5, 0.6) is 0 Å². The van der Waals surface area contributed by atoms with E-state index in [1.165, 1.54) is 4.68 Å². The summed E-state index contributed by atoms with van der Waals surface area (Å²) in [6, 6.07) is 0.0397. The number of hydrogen-bond acceptors (Lipinski definition) is 4. The van der Waals surface area contributed by atoms with Crippen molar-refractivity contribution in [3.05, 3.63) is 18.5 Å². The Morgan fingerprint density at radius 3 is 2.47 bits per heavy atom. The SMILES string of the molecule is CC(C(NC(=O)OC(C)(C)C)C(=O)O)n1cccn1. The summed E-state index contributed by atoms with van der Waals surface area (Å²) in [5, 5.41) is 15.5. The van der Waals surface area contributed by atoms with Gasteiger partial charge in [-0.3, -0.25) is 4.68 Å². The molecular weight excluding hydrogens is 250 g/mol. The van der Waals surface area contributed by atoms with Gasteiger partial charge in [0.1, 0.15) is 5.60 Å². The first-order valence-corrected chi connectivity index (χ1v) is 5.92. The van der Waals surface area contributed by atoms with Crippen LogP contribution < -0.4 is 5.32 Å². The third-order valence-corrected chi connectivity index (χ3v) is 2.36. The average molecular weight is 269 g/mol. The maximum absolute atomic E-state index is 11.6. The monoisotopic (exact) mass is 269 g/mol. The molecule has 0 aliphatic carbocycles. The summed E-state index contributed by atoms with van der Waals surface area (Å²) in [6.07, 6.45) is 2.42. The number of carboxylic acids is 1. The highest BCUT2D eigenvalue weighted by molar-refractivity contribution is 5.80. The summed E-state index contributed by atoms with van der Waals surface area (Å²) in [7, 11) is 0. The molecule has 1 aromatic rings. The molecule has 2 N–H and O–H groups in total. The average Bonchev–Trinajstić information content (AvgIpc) is 2.75. The van der Waals surface area contributed by atoms with Crippen LogP contribution in [0.1, 0.15) is 33.7 Å². The molecule has 0 radical (unpaired) electrons. The molecule has 0 bridgehead atoms. The van der Waals surface area contributed by atoms with E-state index in [1.54, 1.807) is 46.2 Å². The zero-order chi connectivity index (χ0) is 14.6. The van der Waals surface area contributed by atoms with E-state index < -0.39 is 29.7 Å². The predicted molar refractivity (Wildman–Crippen MR) is 67.7 cm³/mol. The summed E-state index contributed by atoms with van der Waals surface area (Å²) in [4.78, 5) is 22.8. The normalized spacial score (nSPS) is 14.5. The van der Waals surface area contributed by atoms with Gasteiger partial charge in [-0.2, -0.15) is 5.10 Å². The number of carbonyl (C=O) groups is 2. The Morgan fingerprint density at radius 1 is 1.42 bits per heavy atom. The minimum atomic E-state index is -1.14. The summed E-state index contributed by atoms with van der Waals surface area (Å²) >= 11 is 0. The number of carbonyl (C=O) groups excluding carboxylic acids is 1. The fraction of sp³-hybridized carbons (Fsp3) is 0.583. The highest BCUT2D eigenvalue weighted by atomic mass is 16.6. The number of nitrogens with zero attached hydrogens (tertiary/aromatic N) is 2. The first-order chi connectivity index (χ1) is 8.70. The lowest BCUT2D eigenvalue weighted by Crippen LogP contribution is -2.47. The Bertz CT molecular complexity index is 436. The quantitative estimate of drug-likeness (QED) is 0.862. The van der Waals surface area contributed by atoms with Crippen LogP contribution in [0.2, 0.25) is 0 Å². The van der Waals surface area contributed by atoms with Gasteiger partial charge in [0.05, 0.1) is 6.04 Å². The van der Waals surface area contributed by atoms with E-state index in [2.05, 4.69) is 10.4 Å². The lowest BCUT2D eigenvalue weighted by atomic mass is 10.1. The molecule has 1 heterocycles. The standard InChI is InChI=1S/C12H19N3O4/c1-8(15-7-5-6-13-15)9(10(16)17)14-11(18)19-12(2,3)4/h5-9H,1-4H3,(H,14,18)(H,16,17). The number of aromatic nitrogens is 2. The molecule has 2 unspecified atom stereocenters. The second kappa shape index (κ2) is 5.73. The first kappa shape index (κ1) is 15.0. The van der Waals surface area contributed by atoms with Crippen LogP contribution >= 0.6 is 0 Å². The zero-order valence-electron chi connectivity index (χ0n) is 11.5. The zero-order valence-corrected chi connectivity index (χ0v) is 11.5. The molecule has 7 heteroatoms. The maximum Gasteiger partial charge on any atom is 0.408 e. The van der Waals surface area contributed by atoms with Crippen molar-refractivity contribution >= 4 is 12.1 Å². The van der Waals surface area contributed by atoms with Crippen LogP contribution in [0.4, 0.5) is 4.79 Å². The molecular formula is C12H19N3O4. The van der Waals surface area contributed by atoms with Gasteiger partial charge in [0.2, 0.25) is 0 Å². The van der Waals surface area contributed by atoms with Crippen molar-refractivity contribution in [3.8, 4) is 0 Å². The van der Waals surface area contributed by atoms with E-state index in [1.807, 2.05) is 0 Å². The molecule has 0 aliphatic heterocycles. The second-order valence-electron chi connectivity index (χ2n) is 5.19. The Hall–Kier alpha value is -2.05. The van der Waals surface area contributed by atoms with E-state index in [0.29, 0.717) is 0 Å². The Balaban J connectivity index is 2.74. The van der Waals surface area contributed by atoms with Crippen molar-refractivity contribution in [1.82, 2.24) is 15.1 Å². The minimum Gasteiger partial charge on any atom is -0.480 e. The van der Waals surface area contributed by atoms with E-state index in [-0.39, 0.29) is 0 Å². The van der Waals surface area contributed by atoms with Gasteiger partial charge in [-0.15, -0.1) is 0 Å². The molecule has 106 valence electrons. The molecule has 0 saturated carbocycles. The highest BCUT2D eigenvalue weighted by Gasteiger charge is 2.30. The van der Waals surface area contributed by atoms with Crippen LogP contribution in [-0.2, 0) is 9.53 Å². The molecule has 0 aliphatic rings. The highest BCUT2D eigenvalue weighted by Crippen LogP contribution is 2.12. The molecule has 19 heavy (non-hydrogen) atoms. The van der Waals surface area contributed by atoms with E-state index in [0.717, 1.165) is 0 Å². The number of nitrogens with one attached hydrogen (secondary N) is 1. The Morgan fingerprint density at radius 2 is 2.05 bits per heavy atom. The van der Waals surface area contributed by atoms with Crippen molar-refractivity contribution in [2.24, 2.45) is 0 Å². The third kappa shape index (κ3) is 4.61.